The van der Waals surface area contributed by atoms with Crippen LogP contribution in [0.3, 0.4) is 0 Å². The van der Waals surface area contributed by atoms with Gasteiger partial charge < -0.3 is 15.3 Å². The molecule has 2 N–H and O–H groups in total. The van der Waals surface area contributed by atoms with Crippen molar-refractivity contribution in [3.05, 3.63) is 35.6 Å². The lowest BCUT2D eigenvalue weighted by molar-refractivity contribution is -0.123. The molecule has 1 aromatic rings. The summed E-state index contributed by atoms with van der Waals surface area (Å²) in [4.78, 5) is 14.1. The maximum Gasteiger partial charge on any atom is 0.223 e. The highest BCUT2D eigenvalue weighted by atomic mass is 19.1. The van der Waals surface area contributed by atoms with Gasteiger partial charge in [0.1, 0.15) is 5.82 Å². The predicted molar refractivity (Wildman–Crippen MR) is 79.2 cm³/mol. The average molecular weight is 294 g/mol. The third-order valence-corrected chi connectivity index (χ3v) is 4.11. The first-order chi connectivity index (χ1) is 9.95. The molecule has 5 heteroatoms. The zero-order chi connectivity index (χ0) is 15.4. The third kappa shape index (κ3) is 4.51. The van der Waals surface area contributed by atoms with Crippen LogP contribution in [0, 0.1) is 5.82 Å². The van der Waals surface area contributed by atoms with Gasteiger partial charge in [-0.2, -0.15) is 0 Å². The number of nitrogens with zero attached hydrogens (tertiary/aromatic N) is 1. The zero-order valence-corrected chi connectivity index (χ0v) is 12.6. The van der Waals surface area contributed by atoms with E-state index in [2.05, 4.69) is 10.2 Å². The number of nitrogens with one attached hydrogen (secondary N) is 1. The number of hydrogen-bond donors (Lipinski definition) is 2. The molecule has 1 saturated carbocycles. The highest BCUT2D eigenvalue weighted by Crippen LogP contribution is 2.23. The van der Waals surface area contributed by atoms with Crippen molar-refractivity contribution in [2.24, 2.45) is 0 Å². The molecule has 1 aromatic carbocycles. The maximum atomic E-state index is 13.1. The van der Waals surface area contributed by atoms with Crippen molar-refractivity contribution in [3.8, 4) is 0 Å². The highest BCUT2D eigenvalue weighted by Gasteiger charge is 2.27. The summed E-state index contributed by atoms with van der Waals surface area (Å²) in [6.45, 7) is 0. The molecule has 4 nitrogen and oxygen atoms in total. The maximum absolute atomic E-state index is 13.1. The second-order valence-corrected chi connectivity index (χ2v) is 5.97. The van der Waals surface area contributed by atoms with Crippen molar-refractivity contribution < 1.29 is 14.3 Å². The summed E-state index contributed by atoms with van der Waals surface area (Å²) in [7, 11) is 4.09. The fourth-order valence-electron chi connectivity index (χ4n) is 2.85. The SMILES string of the molecule is CN(C)C1CCC(NC(=O)CC(O)c2cccc(F)c2)C1. The van der Waals surface area contributed by atoms with E-state index in [1.165, 1.54) is 18.2 Å². The molecule has 21 heavy (non-hydrogen) atoms. The molecule has 1 aliphatic carbocycles. The summed E-state index contributed by atoms with van der Waals surface area (Å²) in [6, 6.07) is 6.41. The minimum absolute atomic E-state index is 0.0351. The van der Waals surface area contributed by atoms with E-state index < -0.39 is 11.9 Å². The van der Waals surface area contributed by atoms with Crippen molar-refractivity contribution >= 4 is 5.91 Å². The number of carbonyl (C=O) groups is 1. The predicted octanol–water partition coefficient (Wildman–Crippen LogP) is 1.85. The standard InChI is InChI=1S/C16H23FN2O2/c1-19(2)14-7-6-13(9-14)18-16(21)10-15(20)11-4-3-5-12(17)8-11/h3-5,8,13-15,20H,6-7,9-10H2,1-2H3,(H,18,21). The number of aliphatic hydroxyl groups excluding tert-OH is 1. The number of rotatable bonds is 5. The summed E-state index contributed by atoms with van der Waals surface area (Å²) in [5, 5.41) is 13.0. The Morgan fingerprint density at radius 3 is 2.86 bits per heavy atom. The Kier molecular flexibility index (Phi) is 5.31. The van der Waals surface area contributed by atoms with Gasteiger partial charge >= 0.3 is 0 Å². The molecule has 3 unspecified atom stereocenters. The molecule has 0 aliphatic heterocycles. The number of carbonyl (C=O) groups excluding carboxylic acids is 1. The van der Waals surface area contributed by atoms with Crippen LogP contribution in [0.2, 0.25) is 0 Å². The topological polar surface area (TPSA) is 52.6 Å². The molecule has 2 rings (SSSR count). The Balaban J connectivity index is 1.82. The molecule has 1 fully saturated rings. The summed E-state index contributed by atoms with van der Waals surface area (Å²) in [5.74, 6) is -0.590. The summed E-state index contributed by atoms with van der Waals surface area (Å²) >= 11 is 0. The molecular weight excluding hydrogens is 271 g/mol. The van der Waals surface area contributed by atoms with E-state index in [1.807, 2.05) is 14.1 Å². The van der Waals surface area contributed by atoms with Crippen LogP contribution in [-0.2, 0) is 4.79 Å². The van der Waals surface area contributed by atoms with Crippen molar-refractivity contribution in [2.45, 2.75) is 43.9 Å². The fraction of sp³-hybridized carbons (Fsp3) is 0.562. The van der Waals surface area contributed by atoms with Crippen molar-refractivity contribution in [1.29, 1.82) is 0 Å². The molecule has 0 saturated heterocycles. The number of aliphatic hydroxyl groups is 1. The molecule has 1 amide bonds. The molecule has 116 valence electrons. The van der Waals surface area contributed by atoms with Crippen molar-refractivity contribution in [1.82, 2.24) is 10.2 Å². The van der Waals surface area contributed by atoms with Crippen molar-refractivity contribution in [2.75, 3.05) is 14.1 Å². The van der Waals surface area contributed by atoms with Gasteiger partial charge in [-0.05, 0) is 51.1 Å². The van der Waals surface area contributed by atoms with E-state index in [-0.39, 0.29) is 18.4 Å². The van der Waals surface area contributed by atoms with E-state index in [4.69, 9.17) is 0 Å². The van der Waals surface area contributed by atoms with Gasteiger partial charge in [0.05, 0.1) is 12.5 Å². The van der Waals surface area contributed by atoms with Crippen LogP contribution >= 0.6 is 0 Å². The molecule has 0 radical (unpaired) electrons. The first-order valence-electron chi connectivity index (χ1n) is 7.35. The van der Waals surface area contributed by atoms with Crippen LogP contribution in [-0.4, -0.2) is 42.1 Å². The summed E-state index contributed by atoms with van der Waals surface area (Å²) < 4.78 is 13.1. The van der Waals surface area contributed by atoms with Gasteiger partial charge in [0.25, 0.3) is 0 Å². The lowest BCUT2D eigenvalue weighted by Crippen LogP contribution is -2.35. The summed E-state index contributed by atoms with van der Waals surface area (Å²) in [5.41, 5.74) is 0.433. The molecule has 0 bridgehead atoms. The average Bonchev–Trinajstić information content (AvgIpc) is 2.87. The van der Waals surface area contributed by atoms with Gasteiger partial charge in [-0.1, -0.05) is 12.1 Å². The van der Waals surface area contributed by atoms with E-state index in [9.17, 15) is 14.3 Å². The Morgan fingerprint density at radius 1 is 1.48 bits per heavy atom. The zero-order valence-electron chi connectivity index (χ0n) is 12.6. The van der Waals surface area contributed by atoms with Gasteiger partial charge in [-0.25, -0.2) is 4.39 Å². The van der Waals surface area contributed by atoms with Gasteiger partial charge in [0, 0.05) is 12.1 Å². The van der Waals surface area contributed by atoms with Gasteiger partial charge in [-0.15, -0.1) is 0 Å². The lowest BCUT2D eigenvalue weighted by Gasteiger charge is -2.19. The van der Waals surface area contributed by atoms with E-state index in [0.29, 0.717) is 11.6 Å². The molecule has 0 heterocycles. The fourth-order valence-corrected chi connectivity index (χ4v) is 2.85. The number of benzene rings is 1. The monoisotopic (exact) mass is 294 g/mol. The highest BCUT2D eigenvalue weighted by molar-refractivity contribution is 5.77. The van der Waals surface area contributed by atoms with Gasteiger partial charge in [-0.3, -0.25) is 4.79 Å². The minimum atomic E-state index is -0.966. The van der Waals surface area contributed by atoms with E-state index >= 15 is 0 Å². The Morgan fingerprint density at radius 2 is 2.24 bits per heavy atom. The Bertz CT molecular complexity index is 493. The second-order valence-electron chi connectivity index (χ2n) is 5.97. The lowest BCUT2D eigenvalue weighted by atomic mass is 10.1. The molecular formula is C16H23FN2O2. The molecule has 3 atom stereocenters. The Hall–Kier alpha value is -1.46. The van der Waals surface area contributed by atoms with Crippen LogP contribution < -0.4 is 5.32 Å². The molecule has 1 aliphatic rings. The van der Waals surface area contributed by atoms with Crippen LogP contribution in [0.15, 0.2) is 24.3 Å². The Labute approximate surface area is 125 Å². The van der Waals surface area contributed by atoms with Gasteiger partial charge in [0.15, 0.2) is 0 Å². The number of amides is 1. The van der Waals surface area contributed by atoms with E-state index in [0.717, 1.165) is 19.3 Å². The van der Waals surface area contributed by atoms with Crippen LogP contribution in [0.5, 0.6) is 0 Å². The number of hydrogen-bond acceptors (Lipinski definition) is 3. The normalized spacial score (nSPS) is 23.3. The van der Waals surface area contributed by atoms with Crippen LogP contribution in [0.1, 0.15) is 37.4 Å². The smallest absolute Gasteiger partial charge is 0.223 e. The number of halogens is 1. The summed E-state index contributed by atoms with van der Waals surface area (Å²) in [6.07, 6.45) is 1.97. The van der Waals surface area contributed by atoms with Crippen LogP contribution in [0.4, 0.5) is 4.39 Å². The quantitative estimate of drug-likeness (QED) is 0.871. The van der Waals surface area contributed by atoms with Crippen LogP contribution in [0.25, 0.3) is 0 Å². The largest absolute Gasteiger partial charge is 0.388 e. The first kappa shape index (κ1) is 15.9. The second kappa shape index (κ2) is 7.00. The third-order valence-electron chi connectivity index (χ3n) is 4.11. The minimum Gasteiger partial charge on any atom is -0.388 e. The molecule has 0 spiro atoms. The van der Waals surface area contributed by atoms with Gasteiger partial charge in [0.2, 0.25) is 5.91 Å². The first-order valence-corrected chi connectivity index (χ1v) is 7.35. The van der Waals surface area contributed by atoms with E-state index in [1.54, 1.807) is 6.07 Å². The molecule has 0 aromatic heterocycles. The van der Waals surface area contributed by atoms with Crippen molar-refractivity contribution in [3.63, 3.8) is 0 Å².